The molecule has 1 heterocycles. The molecule has 42 valence electrons. The molecule has 7 heavy (non-hydrogen) atoms. The van der Waals surface area contributed by atoms with Gasteiger partial charge < -0.3 is 0 Å². The van der Waals surface area contributed by atoms with Gasteiger partial charge in [0.15, 0.2) is 0 Å². The van der Waals surface area contributed by atoms with E-state index in [-0.39, 0.29) is 0 Å². The Morgan fingerprint density at radius 1 is 1.43 bits per heavy atom. The number of hydrogen-bond donors (Lipinski definition) is 0. The summed E-state index contributed by atoms with van der Waals surface area (Å²) >= 11 is 2.43. The van der Waals surface area contributed by atoms with Gasteiger partial charge in [-0.1, -0.05) is 0 Å². The summed E-state index contributed by atoms with van der Waals surface area (Å²) < 4.78 is 10.3. The van der Waals surface area contributed by atoms with Gasteiger partial charge in [0.05, 0.1) is 0 Å². The first-order valence-corrected chi connectivity index (χ1v) is 11.9. The molecule has 0 radical (unpaired) electrons. The average molecular weight is 245 g/mol. The third kappa shape index (κ3) is 1.60. The Kier molecular flexibility index (Phi) is 1.75. The summed E-state index contributed by atoms with van der Waals surface area (Å²) in [6, 6.07) is 0. The van der Waals surface area contributed by atoms with Gasteiger partial charge in [0, 0.05) is 0 Å². The molecule has 1 saturated heterocycles. The van der Waals surface area contributed by atoms with Crippen LogP contribution in [0.1, 0.15) is 0 Å². The van der Waals surface area contributed by atoms with E-state index in [1.807, 2.05) is 9.88 Å². The van der Waals surface area contributed by atoms with Crippen LogP contribution in [0.25, 0.3) is 0 Å². The molecule has 1 rings (SSSR count). The number of rotatable bonds is 0. The van der Waals surface area contributed by atoms with Gasteiger partial charge in [0.1, 0.15) is 0 Å². The van der Waals surface area contributed by atoms with E-state index in [9.17, 15) is 0 Å². The average Bonchev–Trinajstić information content (AvgIpc) is 1.27. The van der Waals surface area contributed by atoms with Crippen molar-refractivity contribution in [3.63, 3.8) is 0 Å². The van der Waals surface area contributed by atoms with Crippen LogP contribution < -0.4 is 0 Å². The van der Waals surface area contributed by atoms with Crippen molar-refractivity contribution < 1.29 is 5.04 Å². The van der Waals surface area contributed by atoms with Crippen molar-refractivity contribution in [1.82, 2.24) is 0 Å². The van der Waals surface area contributed by atoms with Crippen molar-refractivity contribution in [1.29, 1.82) is 0 Å². The predicted octanol–water partition coefficient (Wildman–Crippen LogP) is 0.645. The zero-order valence-corrected chi connectivity index (χ0v) is 8.62. The molecule has 1 aliphatic heterocycles. The molecule has 1 fully saturated rings. The van der Waals surface area contributed by atoms with Gasteiger partial charge in [-0.2, -0.15) is 0 Å². The van der Waals surface area contributed by atoms with Gasteiger partial charge in [-0.15, -0.1) is 0 Å². The normalized spacial score (nSPS) is 29.4. The quantitative estimate of drug-likeness (QED) is 0.583. The molecule has 0 aliphatic carbocycles. The molecular formula is C2H6O2S2Sn. The van der Waals surface area contributed by atoms with Gasteiger partial charge in [-0.3, -0.25) is 0 Å². The second kappa shape index (κ2) is 1.91. The van der Waals surface area contributed by atoms with Crippen molar-refractivity contribution in [2.75, 3.05) is 0 Å². The minimum absolute atomic E-state index is 0.535. The van der Waals surface area contributed by atoms with Gasteiger partial charge in [0.2, 0.25) is 0 Å². The maximum atomic E-state index is 5.16. The minimum atomic E-state index is -2.22. The zero-order valence-electron chi connectivity index (χ0n) is 4.13. The molecule has 0 bridgehead atoms. The van der Waals surface area contributed by atoms with Crippen LogP contribution in [-0.2, 0) is 26.2 Å². The van der Waals surface area contributed by atoms with Gasteiger partial charge >= 0.3 is 55.3 Å². The van der Waals surface area contributed by atoms with Gasteiger partial charge in [-0.05, 0) is 0 Å². The molecule has 5 heteroatoms. The van der Waals surface area contributed by atoms with E-state index in [0.717, 1.165) is 0 Å². The predicted molar refractivity (Wildman–Crippen MR) is 34.4 cm³/mol. The van der Waals surface area contributed by atoms with Crippen LogP contribution in [0.2, 0.25) is 9.88 Å². The Balaban J connectivity index is 2.43. The molecule has 0 amide bonds. The van der Waals surface area contributed by atoms with Crippen molar-refractivity contribution >= 4 is 40.4 Å². The molecule has 2 nitrogen and oxygen atoms in total. The van der Waals surface area contributed by atoms with E-state index in [2.05, 4.69) is 11.2 Å². The summed E-state index contributed by atoms with van der Waals surface area (Å²) in [7, 11) is -0.535. The number of hydrogen-bond acceptors (Lipinski definition) is 3. The third-order valence-corrected chi connectivity index (χ3v) is 13.6. The Hall–Kier alpha value is 1.29. The van der Waals surface area contributed by atoms with Crippen LogP contribution in [0.5, 0.6) is 0 Å². The molecule has 0 spiro atoms. The fourth-order valence-corrected chi connectivity index (χ4v) is 13.3. The van der Waals surface area contributed by atoms with Crippen LogP contribution >= 0.6 is 0 Å². The van der Waals surface area contributed by atoms with E-state index in [1.54, 1.807) is 0 Å². The van der Waals surface area contributed by atoms with Crippen molar-refractivity contribution in [3.05, 3.63) is 0 Å². The molecule has 0 N–H and O–H groups in total. The molecular weight excluding hydrogens is 239 g/mol. The first-order chi connectivity index (χ1) is 3.10. The summed E-state index contributed by atoms with van der Waals surface area (Å²) in [4.78, 5) is 4.09. The maximum absolute atomic E-state index is 5.16. The van der Waals surface area contributed by atoms with Crippen LogP contribution in [0.3, 0.4) is 0 Å². The van der Waals surface area contributed by atoms with Gasteiger partial charge in [0.25, 0.3) is 0 Å². The third-order valence-electron chi connectivity index (χ3n) is 0.537. The monoisotopic (exact) mass is 246 g/mol. The van der Waals surface area contributed by atoms with E-state index in [4.69, 9.17) is 5.04 Å². The summed E-state index contributed by atoms with van der Waals surface area (Å²) in [5, 5.41) is 0. The fraction of sp³-hybridized carbons (Fsp3) is 1.00. The molecule has 0 unspecified atom stereocenters. The molecule has 0 aromatic rings. The Bertz CT molecular complexity index is 102. The first kappa shape index (κ1) is 6.41. The Morgan fingerprint density at radius 2 is 1.86 bits per heavy atom. The molecule has 0 aromatic heterocycles. The molecule has 0 aromatic carbocycles. The molecule has 0 saturated carbocycles. The zero-order chi connectivity index (χ0) is 5.49. The molecule has 0 atom stereocenters. The summed E-state index contributed by atoms with van der Waals surface area (Å²) in [6.07, 6.45) is 0. The van der Waals surface area contributed by atoms with E-state index in [0.29, 0.717) is 0 Å². The Morgan fingerprint density at radius 3 is 1.86 bits per heavy atom. The van der Waals surface area contributed by atoms with E-state index < -0.39 is 29.2 Å². The fourth-order valence-electron chi connectivity index (χ4n) is 0.334. The summed E-state index contributed by atoms with van der Waals surface area (Å²) in [6.45, 7) is 0. The van der Waals surface area contributed by atoms with Crippen molar-refractivity contribution in [2.24, 2.45) is 0 Å². The van der Waals surface area contributed by atoms with E-state index >= 15 is 0 Å². The second-order valence-electron chi connectivity index (χ2n) is 1.77. The van der Waals surface area contributed by atoms with E-state index in [1.165, 1.54) is 0 Å². The van der Waals surface area contributed by atoms with Crippen LogP contribution in [-0.4, -0.2) is 19.2 Å². The Labute approximate surface area is 55.2 Å². The summed E-state index contributed by atoms with van der Waals surface area (Å²) in [5.74, 6) is 0. The standard InChI is InChI=1S/2CH3.H2O2S2.Sn/c;;1-4(2)3;/h2*1H3;(H2,1,2,3);/q;;;+2/p-2. The van der Waals surface area contributed by atoms with Crippen molar-refractivity contribution in [2.45, 2.75) is 9.88 Å². The van der Waals surface area contributed by atoms with Gasteiger partial charge in [-0.25, -0.2) is 0 Å². The van der Waals surface area contributed by atoms with Crippen LogP contribution in [0.4, 0.5) is 0 Å². The van der Waals surface area contributed by atoms with Crippen LogP contribution in [0.15, 0.2) is 0 Å². The summed E-state index contributed by atoms with van der Waals surface area (Å²) in [5.41, 5.74) is 0. The first-order valence-electron chi connectivity index (χ1n) is 1.91. The van der Waals surface area contributed by atoms with Crippen molar-refractivity contribution in [3.8, 4) is 0 Å². The SMILES string of the molecule is [CH3][Sn]1([CH3])[O]S(=S)[O]1. The topological polar surface area (TPSA) is 18.5 Å². The van der Waals surface area contributed by atoms with Crippen LogP contribution in [0, 0.1) is 0 Å². The second-order valence-corrected chi connectivity index (χ2v) is 14.2. The molecule has 1 aliphatic rings.